The van der Waals surface area contributed by atoms with Gasteiger partial charge in [0.25, 0.3) is 5.91 Å². The fourth-order valence-corrected chi connectivity index (χ4v) is 5.05. The Labute approximate surface area is 242 Å². The van der Waals surface area contributed by atoms with Gasteiger partial charge in [-0.1, -0.05) is 48.5 Å². The first kappa shape index (κ1) is 26.7. The highest BCUT2D eigenvalue weighted by Gasteiger charge is 2.29. The van der Waals surface area contributed by atoms with Gasteiger partial charge in [0.05, 0.1) is 26.1 Å². The molecule has 0 saturated heterocycles. The van der Waals surface area contributed by atoms with Crippen LogP contribution in [0.2, 0.25) is 0 Å². The van der Waals surface area contributed by atoms with E-state index in [1.54, 1.807) is 14.2 Å². The van der Waals surface area contributed by atoms with E-state index in [0.29, 0.717) is 23.7 Å². The molecule has 0 fully saturated rings. The van der Waals surface area contributed by atoms with E-state index < -0.39 is 6.04 Å². The minimum atomic E-state index is -0.694. The summed E-state index contributed by atoms with van der Waals surface area (Å²) in [6.45, 7) is 0. The highest BCUT2D eigenvalue weighted by atomic mass is 16.5. The Morgan fingerprint density at radius 3 is 2.57 bits per heavy atom. The number of rotatable bonds is 10. The summed E-state index contributed by atoms with van der Waals surface area (Å²) < 4.78 is 13.2. The largest absolute Gasteiger partial charge is 0.497 e. The normalized spacial score (nSPS) is 11.8. The van der Waals surface area contributed by atoms with Crippen LogP contribution >= 0.6 is 0 Å². The predicted molar refractivity (Wildman–Crippen MR) is 158 cm³/mol. The first-order valence-electron chi connectivity index (χ1n) is 13.5. The van der Waals surface area contributed by atoms with Crippen molar-refractivity contribution in [1.82, 2.24) is 35.0 Å². The average Bonchev–Trinajstić information content (AvgIpc) is 3.67. The molecule has 0 aliphatic heterocycles. The molecule has 0 bridgehead atoms. The molecule has 1 amide bonds. The number of methoxy groups -OCH3 is 2. The van der Waals surface area contributed by atoms with Gasteiger partial charge >= 0.3 is 0 Å². The summed E-state index contributed by atoms with van der Waals surface area (Å²) in [5.41, 5.74) is 3.86. The van der Waals surface area contributed by atoms with E-state index in [0.717, 1.165) is 34.4 Å². The van der Waals surface area contributed by atoms with Gasteiger partial charge < -0.3 is 19.8 Å². The molecule has 0 aliphatic rings. The standard InChI is InChI=1S/C32H29N7O3/c1-41-22-13-14-27(28(18-22)42-2)39-29(15-12-21-8-4-3-5-9-21)37-38-31(39)30(36-32(40)26-20-33-16-17-34-26)24-19-35-25-11-7-6-10-23(24)25/h3-11,13-14,16-20,30,35H,12,15H2,1-2H3,(H,36,40)/t30-/m1/s1. The maximum absolute atomic E-state index is 13.5. The summed E-state index contributed by atoms with van der Waals surface area (Å²) in [6, 6.07) is 23.0. The molecule has 42 heavy (non-hydrogen) atoms. The number of nitrogens with zero attached hydrogens (tertiary/aromatic N) is 5. The maximum atomic E-state index is 13.5. The fraction of sp³-hybridized carbons (Fsp3) is 0.156. The molecule has 210 valence electrons. The van der Waals surface area contributed by atoms with Gasteiger partial charge in [0.15, 0.2) is 5.82 Å². The van der Waals surface area contributed by atoms with Crippen molar-refractivity contribution in [2.75, 3.05) is 14.2 Å². The highest BCUT2D eigenvalue weighted by Crippen LogP contribution is 2.34. The number of carbonyl (C=O) groups excluding carboxylic acids is 1. The second-order valence-corrected chi connectivity index (χ2v) is 9.62. The van der Waals surface area contributed by atoms with Crippen molar-refractivity contribution < 1.29 is 14.3 Å². The topological polar surface area (TPSA) is 120 Å². The number of H-pyrrole nitrogens is 1. The van der Waals surface area contributed by atoms with Crippen LogP contribution in [-0.2, 0) is 12.8 Å². The summed E-state index contributed by atoms with van der Waals surface area (Å²) in [5.74, 6) is 2.08. The molecule has 3 heterocycles. The number of aryl methyl sites for hydroxylation is 2. The van der Waals surface area contributed by atoms with Crippen molar-refractivity contribution in [2.24, 2.45) is 0 Å². The van der Waals surface area contributed by atoms with Gasteiger partial charge in [0.2, 0.25) is 0 Å². The Morgan fingerprint density at radius 2 is 1.79 bits per heavy atom. The van der Waals surface area contributed by atoms with Gasteiger partial charge in [0, 0.05) is 47.5 Å². The molecular weight excluding hydrogens is 530 g/mol. The third-order valence-corrected chi connectivity index (χ3v) is 7.12. The van der Waals surface area contributed by atoms with E-state index in [1.807, 2.05) is 71.4 Å². The lowest BCUT2D eigenvalue weighted by molar-refractivity contribution is 0.0936. The van der Waals surface area contributed by atoms with Crippen LogP contribution in [0.1, 0.15) is 39.3 Å². The molecule has 10 heteroatoms. The number of hydrogen-bond donors (Lipinski definition) is 2. The van der Waals surface area contributed by atoms with Crippen LogP contribution in [0.4, 0.5) is 0 Å². The predicted octanol–water partition coefficient (Wildman–Crippen LogP) is 4.86. The van der Waals surface area contributed by atoms with Crippen molar-refractivity contribution in [2.45, 2.75) is 18.9 Å². The van der Waals surface area contributed by atoms with E-state index >= 15 is 0 Å². The quantitative estimate of drug-likeness (QED) is 0.246. The molecule has 2 N–H and O–H groups in total. The molecule has 6 rings (SSSR count). The number of para-hydroxylation sites is 1. The van der Waals surface area contributed by atoms with Crippen LogP contribution in [-0.4, -0.2) is 49.8 Å². The monoisotopic (exact) mass is 559 g/mol. The van der Waals surface area contributed by atoms with Gasteiger partial charge in [-0.15, -0.1) is 10.2 Å². The lowest BCUT2D eigenvalue weighted by Crippen LogP contribution is -2.32. The first-order chi connectivity index (χ1) is 20.7. The Kier molecular flexibility index (Phi) is 7.58. The van der Waals surface area contributed by atoms with E-state index in [1.165, 1.54) is 24.2 Å². The number of hydrogen-bond acceptors (Lipinski definition) is 7. The molecule has 3 aromatic carbocycles. The molecule has 0 radical (unpaired) electrons. The SMILES string of the molecule is COc1ccc(-n2c(CCc3ccccc3)nnc2[C@H](NC(=O)c2cnccn2)c2c[nH]c3ccccc23)c(OC)c1. The van der Waals surface area contributed by atoms with Crippen LogP contribution in [0, 0.1) is 0 Å². The van der Waals surface area contributed by atoms with Crippen molar-refractivity contribution in [3.05, 3.63) is 126 Å². The molecule has 0 saturated carbocycles. The lowest BCUT2D eigenvalue weighted by Gasteiger charge is -2.21. The van der Waals surface area contributed by atoms with E-state index in [2.05, 4.69) is 37.5 Å². The Morgan fingerprint density at radius 1 is 0.952 bits per heavy atom. The zero-order chi connectivity index (χ0) is 28.9. The Bertz CT molecular complexity index is 1820. The zero-order valence-electron chi connectivity index (χ0n) is 23.2. The number of aromatic nitrogens is 6. The minimum Gasteiger partial charge on any atom is -0.497 e. The molecule has 3 aromatic heterocycles. The van der Waals surface area contributed by atoms with Gasteiger partial charge in [-0.25, -0.2) is 4.98 Å². The number of carbonyl (C=O) groups is 1. The first-order valence-corrected chi connectivity index (χ1v) is 13.5. The van der Waals surface area contributed by atoms with Crippen LogP contribution in [0.5, 0.6) is 11.5 Å². The minimum absolute atomic E-state index is 0.194. The van der Waals surface area contributed by atoms with Crippen molar-refractivity contribution in [1.29, 1.82) is 0 Å². The highest BCUT2D eigenvalue weighted by molar-refractivity contribution is 5.93. The summed E-state index contributed by atoms with van der Waals surface area (Å²) in [7, 11) is 3.22. The number of benzene rings is 3. The zero-order valence-corrected chi connectivity index (χ0v) is 23.2. The van der Waals surface area contributed by atoms with Crippen molar-refractivity contribution in [3.8, 4) is 17.2 Å². The summed E-state index contributed by atoms with van der Waals surface area (Å²) in [4.78, 5) is 25.1. The number of aromatic amines is 1. The van der Waals surface area contributed by atoms with Gasteiger partial charge in [-0.2, -0.15) is 0 Å². The van der Waals surface area contributed by atoms with Gasteiger partial charge in [-0.05, 0) is 30.2 Å². The number of fused-ring (bicyclic) bond motifs is 1. The number of ether oxygens (including phenoxy) is 2. The molecule has 6 aromatic rings. The van der Waals surface area contributed by atoms with Crippen LogP contribution in [0.15, 0.2) is 97.6 Å². The Balaban J connectivity index is 1.52. The second kappa shape index (κ2) is 11.9. The third-order valence-electron chi connectivity index (χ3n) is 7.12. The van der Waals surface area contributed by atoms with E-state index in [-0.39, 0.29) is 11.6 Å². The summed E-state index contributed by atoms with van der Waals surface area (Å²) >= 11 is 0. The van der Waals surface area contributed by atoms with Crippen LogP contribution in [0.3, 0.4) is 0 Å². The third kappa shape index (κ3) is 5.29. The Hall–Kier alpha value is -5.51. The lowest BCUT2D eigenvalue weighted by atomic mass is 10.0. The van der Waals surface area contributed by atoms with E-state index in [9.17, 15) is 4.79 Å². The smallest absolute Gasteiger partial charge is 0.272 e. The molecule has 0 spiro atoms. The van der Waals surface area contributed by atoms with Crippen LogP contribution < -0.4 is 14.8 Å². The van der Waals surface area contributed by atoms with Gasteiger partial charge in [0.1, 0.15) is 29.1 Å². The molecule has 10 nitrogen and oxygen atoms in total. The van der Waals surface area contributed by atoms with Gasteiger partial charge in [-0.3, -0.25) is 14.3 Å². The average molecular weight is 560 g/mol. The number of nitrogens with one attached hydrogen (secondary N) is 2. The maximum Gasteiger partial charge on any atom is 0.272 e. The molecule has 1 atom stereocenters. The van der Waals surface area contributed by atoms with Crippen molar-refractivity contribution >= 4 is 16.8 Å². The fourth-order valence-electron chi connectivity index (χ4n) is 5.05. The number of amides is 1. The van der Waals surface area contributed by atoms with Crippen LogP contribution in [0.25, 0.3) is 16.6 Å². The molecular formula is C32H29N7O3. The second-order valence-electron chi connectivity index (χ2n) is 9.62. The molecule has 0 aliphatic carbocycles. The summed E-state index contributed by atoms with van der Waals surface area (Å²) in [6.07, 6.45) is 7.69. The van der Waals surface area contributed by atoms with E-state index in [4.69, 9.17) is 14.6 Å². The molecule has 0 unspecified atom stereocenters. The summed E-state index contributed by atoms with van der Waals surface area (Å²) in [5, 5.41) is 13.4. The van der Waals surface area contributed by atoms with Crippen molar-refractivity contribution in [3.63, 3.8) is 0 Å².